The van der Waals surface area contributed by atoms with E-state index >= 15 is 0 Å². The minimum absolute atomic E-state index is 0.0358. The van der Waals surface area contributed by atoms with Crippen molar-refractivity contribution in [2.45, 2.75) is 6.92 Å². The lowest BCUT2D eigenvalue weighted by molar-refractivity contribution is 0.0383. The molecule has 1 aliphatic heterocycles. The first-order chi connectivity index (χ1) is 8.25. The molecule has 0 bridgehead atoms. The van der Waals surface area contributed by atoms with Gasteiger partial charge in [-0.25, -0.2) is 0 Å². The summed E-state index contributed by atoms with van der Waals surface area (Å²) in [5.74, 6) is -0.0358. The van der Waals surface area contributed by atoms with Gasteiger partial charge >= 0.3 is 0 Å². The zero-order valence-corrected chi connectivity index (χ0v) is 10.2. The fourth-order valence-corrected chi connectivity index (χ4v) is 1.88. The molecule has 1 aromatic rings. The van der Waals surface area contributed by atoms with Crippen molar-refractivity contribution in [3.8, 4) is 0 Å². The highest BCUT2D eigenvalue weighted by atomic mass is 16.5. The molecule has 94 valence electrons. The monoisotopic (exact) mass is 237 g/mol. The number of hydrogen-bond donors (Lipinski definition) is 2. The second-order valence-electron chi connectivity index (χ2n) is 4.30. The Bertz CT molecular complexity index is 370. The van der Waals surface area contributed by atoms with Crippen LogP contribution in [0.5, 0.6) is 0 Å². The van der Waals surface area contributed by atoms with E-state index in [1.165, 1.54) is 0 Å². The number of amides is 1. The summed E-state index contributed by atoms with van der Waals surface area (Å²) < 4.78 is 5.27. The number of aromatic nitrogens is 1. The zero-order chi connectivity index (χ0) is 12.1. The molecule has 1 saturated heterocycles. The Kier molecular flexibility index (Phi) is 4.17. The number of nitrogens with zero attached hydrogens (tertiary/aromatic N) is 1. The van der Waals surface area contributed by atoms with E-state index in [0.717, 1.165) is 38.4 Å². The van der Waals surface area contributed by atoms with E-state index in [1.54, 1.807) is 0 Å². The van der Waals surface area contributed by atoms with Crippen LogP contribution in [0.25, 0.3) is 0 Å². The van der Waals surface area contributed by atoms with Crippen molar-refractivity contribution < 1.29 is 9.53 Å². The van der Waals surface area contributed by atoms with E-state index in [2.05, 4.69) is 15.2 Å². The number of hydrogen-bond acceptors (Lipinski definition) is 3. The molecule has 0 unspecified atom stereocenters. The first-order valence-corrected chi connectivity index (χ1v) is 5.99. The van der Waals surface area contributed by atoms with Gasteiger partial charge in [-0.05, 0) is 18.6 Å². The zero-order valence-electron chi connectivity index (χ0n) is 10.2. The van der Waals surface area contributed by atoms with Crippen LogP contribution in [0.2, 0.25) is 0 Å². The molecular formula is C12H19N3O2. The molecule has 5 heteroatoms. The molecular weight excluding hydrogens is 218 g/mol. The van der Waals surface area contributed by atoms with Crippen LogP contribution in [-0.2, 0) is 4.74 Å². The molecule has 0 radical (unpaired) electrons. The maximum atomic E-state index is 11.7. The van der Waals surface area contributed by atoms with E-state index in [0.29, 0.717) is 12.2 Å². The molecule has 0 aliphatic carbocycles. The minimum Gasteiger partial charge on any atom is -0.379 e. The number of H-pyrrole nitrogens is 1. The fraction of sp³-hybridized carbons (Fsp3) is 0.583. The highest BCUT2D eigenvalue weighted by Crippen LogP contribution is 2.01. The Balaban J connectivity index is 1.69. The summed E-state index contributed by atoms with van der Waals surface area (Å²) in [6, 6.07) is 1.85. The van der Waals surface area contributed by atoms with Crippen molar-refractivity contribution in [1.82, 2.24) is 15.2 Å². The molecule has 2 rings (SSSR count). The van der Waals surface area contributed by atoms with Gasteiger partial charge in [0.25, 0.3) is 5.91 Å². The maximum absolute atomic E-state index is 11.7. The smallest absolute Gasteiger partial charge is 0.267 e. The third-order valence-electron chi connectivity index (χ3n) is 2.89. The summed E-state index contributed by atoms with van der Waals surface area (Å²) in [4.78, 5) is 17.0. The van der Waals surface area contributed by atoms with Gasteiger partial charge in [-0.1, -0.05) is 0 Å². The van der Waals surface area contributed by atoms with Crippen molar-refractivity contribution in [3.05, 3.63) is 23.5 Å². The second kappa shape index (κ2) is 5.84. The minimum atomic E-state index is -0.0358. The Morgan fingerprint density at radius 2 is 2.29 bits per heavy atom. The average Bonchev–Trinajstić information content (AvgIpc) is 2.77. The van der Waals surface area contributed by atoms with Crippen LogP contribution in [0.15, 0.2) is 12.3 Å². The van der Waals surface area contributed by atoms with Crippen LogP contribution < -0.4 is 5.32 Å². The first kappa shape index (κ1) is 12.1. The predicted molar refractivity (Wildman–Crippen MR) is 65.1 cm³/mol. The van der Waals surface area contributed by atoms with Crippen molar-refractivity contribution in [2.75, 3.05) is 39.4 Å². The Morgan fingerprint density at radius 3 is 2.94 bits per heavy atom. The molecule has 17 heavy (non-hydrogen) atoms. The summed E-state index contributed by atoms with van der Waals surface area (Å²) in [5.41, 5.74) is 1.70. The molecule has 0 saturated carbocycles. The largest absolute Gasteiger partial charge is 0.379 e. The van der Waals surface area contributed by atoms with Crippen LogP contribution >= 0.6 is 0 Å². The van der Waals surface area contributed by atoms with Crippen molar-refractivity contribution in [1.29, 1.82) is 0 Å². The number of ether oxygens (including phenoxy) is 1. The number of rotatable bonds is 4. The van der Waals surface area contributed by atoms with Gasteiger partial charge in [-0.2, -0.15) is 0 Å². The number of aryl methyl sites for hydroxylation is 1. The molecule has 1 aromatic heterocycles. The molecule has 0 aromatic carbocycles. The molecule has 1 amide bonds. The second-order valence-corrected chi connectivity index (χ2v) is 4.30. The fourth-order valence-electron chi connectivity index (χ4n) is 1.88. The molecule has 5 nitrogen and oxygen atoms in total. The highest BCUT2D eigenvalue weighted by Gasteiger charge is 2.11. The van der Waals surface area contributed by atoms with E-state index in [9.17, 15) is 4.79 Å². The quantitative estimate of drug-likeness (QED) is 0.796. The van der Waals surface area contributed by atoms with E-state index in [4.69, 9.17) is 4.74 Å². The Hall–Kier alpha value is -1.33. The summed E-state index contributed by atoms with van der Waals surface area (Å²) in [5, 5.41) is 2.91. The van der Waals surface area contributed by atoms with Crippen molar-refractivity contribution in [3.63, 3.8) is 0 Å². The molecule has 1 fully saturated rings. The third-order valence-corrected chi connectivity index (χ3v) is 2.89. The van der Waals surface area contributed by atoms with Crippen LogP contribution in [0, 0.1) is 6.92 Å². The van der Waals surface area contributed by atoms with E-state index in [1.807, 2.05) is 19.2 Å². The standard InChI is InChI=1S/C12H19N3O2/c1-10-8-11(14-9-10)12(16)13-2-3-15-4-6-17-7-5-15/h8-9,14H,2-7H2,1H3,(H,13,16). The molecule has 2 heterocycles. The van der Waals surface area contributed by atoms with Gasteiger partial charge in [-0.3, -0.25) is 9.69 Å². The van der Waals surface area contributed by atoms with Gasteiger partial charge in [-0.15, -0.1) is 0 Å². The molecule has 2 N–H and O–H groups in total. The lowest BCUT2D eigenvalue weighted by Gasteiger charge is -2.26. The topological polar surface area (TPSA) is 57.4 Å². The number of nitrogens with one attached hydrogen (secondary N) is 2. The summed E-state index contributed by atoms with van der Waals surface area (Å²) in [7, 11) is 0. The van der Waals surface area contributed by atoms with Crippen LogP contribution in [-0.4, -0.2) is 55.2 Å². The SMILES string of the molecule is Cc1c[nH]c(C(=O)NCCN2CCOCC2)c1. The van der Waals surface area contributed by atoms with Crippen LogP contribution in [0.3, 0.4) is 0 Å². The average molecular weight is 237 g/mol. The molecule has 1 aliphatic rings. The van der Waals surface area contributed by atoms with Gasteiger partial charge in [0.2, 0.25) is 0 Å². The molecule has 0 atom stereocenters. The maximum Gasteiger partial charge on any atom is 0.267 e. The third kappa shape index (κ3) is 3.57. The number of aromatic amines is 1. The molecule has 0 spiro atoms. The summed E-state index contributed by atoms with van der Waals surface area (Å²) in [6.45, 7) is 7.02. The van der Waals surface area contributed by atoms with Crippen LogP contribution in [0.1, 0.15) is 16.1 Å². The number of morpholine rings is 1. The number of carbonyl (C=O) groups excluding carboxylic acids is 1. The Morgan fingerprint density at radius 1 is 1.53 bits per heavy atom. The predicted octanol–water partition coefficient (Wildman–Crippen LogP) is 0.385. The Labute approximate surface area is 101 Å². The summed E-state index contributed by atoms with van der Waals surface area (Å²) >= 11 is 0. The highest BCUT2D eigenvalue weighted by molar-refractivity contribution is 5.92. The van der Waals surface area contributed by atoms with E-state index in [-0.39, 0.29) is 5.91 Å². The lowest BCUT2D eigenvalue weighted by atomic mass is 10.3. The summed E-state index contributed by atoms with van der Waals surface area (Å²) in [6.07, 6.45) is 1.83. The van der Waals surface area contributed by atoms with E-state index < -0.39 is 0 Å². The van der Waals surface area contributed by atoms with Gasteiger partial charge < -0.3 is 15.0 Å². The van der Waals surface area contributed by atoms with Crippen LogP contribution in [0.4, 0.5) is 0 Å². The van der Waals surface area contributed by atoms with Crippen molar-refractivity contribution in [2.24, 2.45) is 0 Å². The first-order valence-electron chi connectivity index (χ1n) is 5.99. The van der Waals surface area contributed by atoms with Gasteiger partial charge in [0.1, 0.15) is 5.69 Å². The van der Waals surface area contributed by atoms with Crippen molar-refractivity contribution >= 4 is 5.91 Å². The normalized spacial score (nSPS) is 17.0. The van der Waals surface area contributed by atoms with Gasteiger partial charge in [0.05, 0.1) is 13.2 Å². The number of carbonyl (C=O) groups is 1. The lowest BCUT2D eigenvalue weighted by Crippen LogP contribution is -2.41. The van der Waals surface area contributed by atoms with Gasteiger partial charge in [0, 0.05) is 32.4 Å². The van der Waals surface area contributed by atoms with Gasteiger partial charge in [0.15, 0.2) is 0 Å².